The topological polar surface area (TPSA) is 37.4 Å². The zero-order chi connectivity index (χ0) is 9.90. The summed E-state index contributed by atoms with van der Waals surface area (Å²) in [5.74, 6) is 0. The van der Waals surface area contributed by atoms with Crippen molar-refractivity contribution in [2.75, 3.05) is 18.4 Å². The number of nitrogens with zero attached hydrogens (tertiary/aromatic N) is 1. The first-order valence-corrected chi connectivity index (χ1v) is 7.30. The molecule has 1 rings (SSSR count). The predicted molar refractivity (Wildman–Crippen MR) is 57.6 cm³/mol. The van der Waals surface area contributed by atoms with Gasteiger partial charge in [-0.2, -0.15) is 0 Å². The van der Waals surface area contributed by atoms with Gasteiger partial charge in [0, 0.05) is 18.4 Å². The molecule has 78 valence electrons. The van der Waals surface area contributed by atoms with Crippen LogP contribution in [0.5, 0.6) is 0 Å². The summed E-state index contributed by atoms with van der Waals surface area (Å²) >= 11 is 3.28. The van der Waals surface area contributed by atoms with Crippen LogP contribution in [0.3, 0.4) is 0 Å². The van der Waals surface area contributed by atoms with Gasteiger partial charge in [0.05, 0.1) is 5.25 Å². The molecule has 1 fully saturated rings. The summed E-state index contributed by atoms with van der Waals surface area (Å²) in [6, 6.07) is 0. The number of rotatable bonds is 6. The van der Waals surface area contributed by atoms with Crippen molar-refractivity contribution in [2.45, 2.75) is 31.4 Å². The molecule has 0 amide bonds. The first kappa shape index (κ1) is 11.5. The predicted octanol–water partition coefficient (Wildman–Crippen LogP) is 1.59. The molecule has 1 aliphatic rings. The lowest BCUT2D eigenvalue weighted by Crippen LogP contribution is -2.35. The molecule has 1 saturated carbocycles. The molecule has 13 heavy (non-hydrogen) atoms. The van der Waals surface area contributed by atoms with Gasteiger partial charge in [-0.25, -0.2) is 12.7 Å². The van der Waals surface area contributed by atoms with Crippen LogP contribution in [0.15, 0.2) is 0 Å². The zero-order valence-electron chi connectivity index (χ0n) is 7.87. The second kappa shape index (κ2) is 4.75. The number of alkyl halides is 1. The first-order chi connectivity index (χ1) is 6.12. The maximum Gasteiger partial charge on any atom is 0.217 e. The van der Waals surface area contributed by atoms with Gasteiger partial charge in [-0.1, -0.05) is 22.9 Å². The molecular formula is C8H16BrNO2S. The summed E-state index contributed by atoms with van der Waals surface area (Å²) < 4.78 is 25.2. The third-order valence-corrected chi connectivity index (χ3v) is 4.87. The molecular weight excluding hydrogens is 254 g/mol. The van der Waals surface area contributed by atoms with E-state index < -0.39 is 10.0 Å². The molecule has 0 aromatic rings. The van der Waals surface area contributed by atoms with Crippen molar-refractivity contribution >= 4 is 26.0 Å². The third kappa shape index (κ3) is 2.92. The normalized spacial score (nSPS) is 18.1. The van der Waals surface area contributed by atoms with E-state index in [0.29, 0.717) is 13.1 Å². The van der Waals surface area contributed by atoms with Crippen LogP contribution in [-0.4, -0.2) is 36.4 Å². The highest BCUT2D eigenvalue weighted by Crippen LogP contribution is 2.30. The van der Waals surface area contributed by atoms with Crippen molar-refractivity contribution in [3.05, 3.63) is 0 Å². The maximum atomic E-state index is 11.8. The summed E-state index contributed by atoms with van der Waals surface area (Å²) in [5.41, 5.74) is 0. The average molecular weight is 270 g/mol. The minimum Gasteiger partial charge on any atom is -0.212 e. The number of sulfonamides is 1. The minimum atomic E-state index is -2.95. The molecule has 0 saturated heterocycles. The lowest BCUT2D eigenvalue weighted by molar-refractivity contribution is 0.429. The van der Waals surface area contributed by atoms with E-state index in [4.69, 9.17) is 0 Å². The van der Waals surface area contributed by atoms with E-state index in [0.717, 1.165) is 24.6 Å². The van der Waals surface area contributed by atoms with Crippen LogP contribution < -0.4 is 0 Å². The van der Waals surface area contributed by atoms with E-state index in [1.165, 1.54) is 0 Å². The van der Waals surface area contributed by atoms with Gasteiger partial charge in [-0.15, -0.1) is 0 Å². The van der Waals surface area contributed by atoms with Crippen LogP contribution in [0.4, 0.5) is 0 Å². The van der Waals surface area contributed by atoms with Crippen LogP contribution in [0.25, 0.3) is 0 Å². The Hall–Kier alpha value is 0.390. The maximum absolute atomic E-state index is 11.8. The standard InChI is InChI=1S/C8H16BrNO2S/c1-2-6-10(7-5-9)13(11,12)8-3-4-8/h8H,2-7H2,1H3. The largest absolute Gasteiger partial charge is 0.217 e. The highest BCUT2D eigenvalue weighted by molar-refractivity contribution is 9.09. The Labute approximate surface area is 88.7 Å². The fourth-order valence-corrected chi connectivity index (χ4v) is 3.89. The van der Waals surface area contributed by atoms with Crippen molar-refractivity contribution in [2.24, 2.45) is 0 Å². The van der Waals surface area contributed by atoms with Gasteiger partial charge in [0.15, 0.2) is 0 Å². The second-order valence-corrected chi connectivity index (χ2v) is 6.34. The van der Waals surface area contributed by atoms with Crippen molar-refractivity contribution in [3.8, 4) is 0 Å². The number of halogens is 1. The molecule has 0 radical (unpaired) electrons. The molecule has 0 aliphatic heterocycles. The zero-order valence-corrected chi connectivity index (χ0v) is 10.3. The number of hydrogen-bond acceptors (Lipinski definition) is 2. The van der Waals surface area contributed by atoms with Gasteiger partial charge >= 0.3 is 0 Å². The molecule has 0 bridgehead atoms. The summed E-state index contributed by atoms with van der Waals surface area (Å²) in [5, 5.41) is 0.650. The van der Waals surface area contributed by atoms with Crippen LogP contribution in [0.1, 0.15) is 26.2 Å². The van der Waals surface area contributed by atoms with E-state index >= 15 is 0 Å². The fraction of sp³-hybridized carbons (Fsp3) is 1.00. The van der Waals surface area contributed by atoms with Crippen molar-refractivity contribution in [3.63, 3.8) is 0 Å². The molecule has 0 N–H and O–H groups in total. The molecule has 3 nitrogen and oxygen atoms in total. The van der Waals surface area contributed by atoms with Crippen molar-refractivity contribution in [1.29, 1.82) is 0 Å². The van der Waals surface area contributed by atoms with E-state index in [2.05, 4.69) is 15.9 Å². The van der Waals surface area contributed by atoms with Crippen molar-refractivity contribution < 1.29 is 8.42 Å². The highest BCUT2D eigenvalue weighted by atomic mass is 79.9. The summed E-state index contributed by atoms with van der Waals surface area (Å²) in [4.78, 5) is 0. The quantitative estimate of drug-likeness (QED) is 0.687. The molecule has 0 aromatic heterocycles. The van der Waals surface area contributed by atoms with E-state index in [1.807, 2.05) is 6.92 Å². The van der Waals surface area contributed by atoms with Gasteiger partial charge in [-0.3, -0.25) is 0 Å². The minimum absolute atomic E-state index is 0.0712. The first-order valence-electron chi connectivity index (χ1n) is 4.67. The highest BCUT2D eigenvalue weighted by Gasteiger charge is 2.39. The van der Waals surface area contributed by atoms with Crippen molar-refractivity contribution in [1.82, 2.24) is 4.31 Å². The Balaban J connectivity index is 2.61. The molecule has 0 unspecified atom stereocenters. The van der Waals surface area contributed by atoms with Gasteiger partial charge in [0.1, 0.15) is 0 Å². The van der Waals surface area contributed by atoms with Gasteiger partial charge in [0.2, 0.25) is 10.0 Å². The monoisotopic (exact) mass is 269 g/mol. The molecule has 0 aromatic carbocycles. The van der Waals surface area contributed by atoms with Crippen LogP contribution in [-0.2, 0) is 10.0 Å². The smallest absolute Gasteiger partial charge is 0.212 e. The average Bonchev–Trinajstić information content (AvgIpc) is 2.86. The molecule has 1 aliphatic carbocycles. The molecule has 0 atom stereocenters. The fourth-order valence-electron chi connectivity index (χ4n) is 1.29. The Bertz CT molecular complexity index is 243. The van der Waals surface area contributed by atoms with Gasteiger partial charge in [0.25, 0.3) is 0 Å². The van der Waals surface area contributed by atoms with Crippen LogP contribution >= 0.6 is 15.9 Å². The van der Waals surface area contributed by atoms with Crippen LogP contribution in [0, 0.1) is 0 Å². The Kier molecular flexibility index (Phi) is 4.19. The lowest BCUT2D eigenvalue weighted by Gasteiger charge is -2.20. The number of hydrogen-bond donors (Lipinski definition) is 0. The molecule has 0 heterocycles. The summed E-state index contributed by atoms with van der Waals surface area (Å²) in [7, 11) is -2.95. The van der Waals surface area contributed by atoms with E-state index in [-0.39, 0.29) is 5.25 Å². The Morgan fingerprint density at radius 1 is 1.38 bits per heavy atom. The van der Waals surface area contributed by atoms with Crippen LogP contribution in [0.2, 0.25) is 0 Å². The Morgan fingerprint density at radius 3 is 2.38 bits per heavy atom. The second-order valence-electron chi connectivity index (χ2n) is 3.33. The SMILES string of the molecule is CCCN(CCBr)S(=O)(=O)C1CC1. The summed E-state index contributed by atoms with van der Waals surface area (Å²) in [6.45, 7) is 3.26. The van der Waals surface area contributed by atoms with E-state index in [1.54, 1.807) is 4.31 Å². The Morgan fingerprint density at radius 2 is 2.00 bits per heavy atom. The summed E-state index contributed by atoms with van der Waals surface area (Å²) in [6.07, 6.45) is 2.59. The molecule has 5 heteroatoms. The third-order valence-electron chi connectivity index (χ3n) is 2.11. The van der Waals surface area contributed by atoms with E-state index in [9.17, 15) is 8.42 Å². The molecule has 0 spiro atoms. The lowest BCUT2D eigenvalue weighted by atomic mass is 10.5. The van der Waals surface area contributed by atoms with Gasteiger partial charge < -0.3 is 0 Å². The van der Waals surface area contributed by atoms with Gasteiger partial charge in [-0.05, 0) is 19.3 Å².